The Bertz CT molecular complexity index is 789. The SMILES string of the molecule is CCC(C)CSc1nnc(-c2cccc3ccccc23)n1CC. The van der Waals surface area contributed by atoms with Crippen LogP contribution in [0.4, 0.5) is 0 Å². The molecule has 3 aromatic rings. The molecule has 0 saturated heterocycles. The zero-order chi connectivity index (χ0) is 16.2. The van der Waals surface area contributed by atoms with E-state index in [0.717, 1.165) is 28.8 Å². The predicted octanol–water partition coefficient (Wildman–Crippen LogP) is 5.26. The summed E-state index contributed by atoms with van der Waals surface area (Å²) in [6.07, 6.45) is 1.20. The van der Waals surface area contributed by atoms with Gasteiger partial charge in [0.15, 0.2) is 11.0 Å². The molecule has 4 heteroatoms. The highest BCUT2D eigenvalue weighted by Gasteiger charge is 2.15. The molecule has 23 heavy (non-hydrogen) atoms. The summed E-state index contributed by atoms with van der Waals surface area (Å²) in [6.45, 7) is 7.56. The first-order valence-corrected chi connectivity index (χ1v) is 9.27. The fourth-order valence-electron chi connectivity index (χ4n) is 2.63. The zero-order valence-corrected chi connectivity index (χ0v) is 14.8. The summed E-state index contributed by atoms with van der Waals surface area (Å²) in [5.41, 5.74) is 1.16. The summed E-state index contributed by atoms with van der Waals surface area (Å²) >= 11 is 1.81. The van der Waals surface area contributed by atoms with Crippen LogP contribution in [-0.4, -0.2) is 20.5 Å². The van der Waals surface area contributed by atoms with Crippen LogP contribution in [0.5, 0.6) is 0 Å². The summed E-state index contributed by atoms with van der Waals surface area (Å²) in [7, 11) is 0. The smallest absolute Gasteiger partial charge is 0.191 e. The van der Waals surface area contributed by atoms with Crippen molar-refractivity contribution in [3.63, 3.8) is 0 Å². The van der Waals surface area contributed by atoms with Crippen LogP contribution >= 0.6 is 11.8 Å². The molecule has 0 aliphatic rings. The lowest BCUT2D eigenvalue weighted by Gasteiger charge is -2.11. The fraction of sp³-hybridized carbons (Fsp3) is 0.368. The summed E-state index contributed by atoms with van der Waals surface area (Å²) < 4.78 is 2.23. The van der Waals surface area contributed by atoms with Crippen LogP contribution in [0.1, 0.15) is 27.2 Å². The summed E-state index contributed by atoms with van der Waals surface area (Å²) in [5, 5.41) is 12.5. The molecule has 1 atom stereocenters. The van der Waals surface area contributed by atoms with Crippen LogP contribution in [0.3, 0.4) is 0 Å². The van der Waals surface area contributed by atoms with Crippen molar-refractivity contribution in [1.82, 2.24) is 14.8 Å². The predicted molar refractivity (Wildman–Crippen MR) is 98.8 cm³/mol. The molecule has 1 unspecified atom stereocenters. The number of thioether (sulfide) groups is 1. The van der Waals surface area contributed by atoms with E-state index in [1.165, 1.54) is 17.2 Å². The summed E-state index contributed by atoms with van der Waals surface area (Å²) in [6, 6.07) is 14.8. The van der Waals surface area contributed by atoms with Gasteiger partial charge in [0, 0.05) is 17.9 Å². The van der Waals surface area contributed by atoms with Gasteiger partial charge < -0.3 is 4.57 Å². The van der Waals surface area contributed by atoms with E-state index >= 15 is 0 Å². The Morgan fingerprint density at radius 1 is 1.04 bits per heavy atom. The van der Waals surface area contributed by atoms with Crippen molar-refractivity contribution in [2.75, 3.05) is 5.75 Å². The molecule has 0 saturated carbocycles. The maximum Gasteiger partial charge on any atom is 0.191 e. The quantitative estimate of drug-likeness (QED) is 0.579. The van der Waals surface area contributed by atoms with Crippen LogP contribution < -0.4 is 0 Å². The van der Waals surface area contributed by atoms with Gasteiger partial charge in [-0.05, 0) is 23.6 Å². The lowest BCUT2D eigenvalue weighted by Crippen LogP contribution is -2.02. The molecular weight excluding hydrogens is 302 g/mol. The Labute approximate surface area is 142 Å². The van der Waals surface area contributed by atoms with Crippen LogP contribution in [0.2, 0.25) is 0 Å². The first-order valence-electron chi connectivity index (χ1n) is 8.28. The molecule has 3 rings (SSSR count). The molecule has 2 aromatic carbocycles. The van der Waals surface area contributed by atoms with Crippen LogP contribution in [0.15, 0.2) is 47.6 Å². The Morgan fingerprint density at radius 2 is 1.83 bits per heavy atom. The fourth-order valence-corrected chi connectivity index (χ4v) is 3.77. The number of benzene rings is 2. The Balaban J connectivity index is 2.01. The van der Waals surface area contributed by atoms with Crippen molar-refractivity contribution in [1.29, 1.82) is 0 Å². The van der Waals surface area contributed by atoms with E-state index < -0.39 is 0 Å². The molecule has 0 bridgehead atoms. The van der Waals surface area contributed by atoms with Crippen molar-refractivity contribution < 1.29 is 0 Å². The minimum absolute atomic E-state index is 0.697. The largest absolute Gasteiger partial charge is 0.302 e. The first-order chi connectivity index (χ1) is 11.2. The second-order valence-corrected chi connectivity index (χ2v) is 6.89. The molecule has 0 N–H and O–H groups in total. The van der Waals surface area contributed by atoms with Crippen LogP contribution in [-0.2, 0) is 6.54 Å². The van der Waals surface area contributed by atoms with E-state index in [2.05, 4.69) is 78.0 Å². The minimum atomic E-state index is 0.697. The van der Waals surface area contributed by atoms with Gasteiger partial charge in [-0.15, -0.1) is 10.2 Å². The van der Waals surface area contributed by atoms with Gasteiger partial charge in [0.1, 0.15) is 0 Å². The topological polar surface area (TPSA) is 30.7 Å². The highest BCUT2D eigenvalue weighted by Crippen LogP contribution is 2.30. The van der Waals surface area contributed by atoms with Gasteiger partial charge in [-0.25, -0.2) is 0 Å². The van der Waals surface area contributed by atoms with Gasteiger partial charge in [0.25, 0.3) is 0 Å². The maximum atomic E-state index is 4.50. The van der Waals surface area contributed by atoms with Crippen molar-refractivity contribution >= 4 is 22.5 Å². The standard InChI is InChI=1S/C19H23N3S/c1-4-14(3)13-23-19-21-20-18(22(19)5-2)17-12-8-10-15-9-6-7-11-16(15)17/h6-12,14H,4-5,13H2,1-3H3. The Hall–Kier alpha value is -1.81. The molecule has 0 spiro atoms. The van der Waals surface area contributed by atoms with Gasteiger partial charge in [0.05, 0.1) is 0 Å². The Kier molecular flexibility index (Phi) is 5.01. The monoisotopic (exact) mass is 325 g/mol. The first kappa shape index (κ1) is 16.1. The number of hydrogen-bond donors (Lipinski definition) is 0. The Morgan fingerprint density at radius 3 is 2.61 bits per heavy atom. The van der Waals surface area contributed by atoms with E-state index in [1.54, 1.807) is 0 Å². The number of nitrogens with zero attached hydrogens (tertiary/aromatic N) is 3. The molecule has 1 heterocycles. The summed E-state index contributed by atoms with van der Waals surface area (Å²) in [4.78, 5) is 0. The van der Waals surface area contributed by atoms with Gasteiger partial charge in [0.2, 0.25) is 0 Å². The van der Waals surface area contributed by atoms with Gasteiger partial charge in [-0.1, -0.05) is 74.5 Å². The lowest BCUT2D eigenvalue weighted by molar-refractivity contribution is 0.631. The van der Waals surface area contributed by atoms with Gasteiger partial charge in [-0.2, -0.15) is 0 Å². The molecule has 1 aromatic heterocycles. The molecule has 0 radical (unpaired) electrons. The van der Waals surface area contributed by atoms with Crippen molar-refractivity contribution in [3.05, 3.63) is 42.5 Å². The molecule has 120 valence electrons. The third-order valence-corrected chi connectivity index (χ3v) is 5.55. The second kappa shape index (κ2) is 7.18. The van der Waals surface area contributed by atoms with Crippen molar-refractivity contribution in [3.8, 4) is 11.4 Å². The highest BCUT2D eigenvalue weighted by molar-refractivity contribution is 7.99. The van der Waals surface area contributed by atoms with Crippen LogP contribution in [0.25, 0.3) is 22.2 Å². The average molecular weight is 325 g/mol. The lowest BCUT2D eigenvalue weighted by atomic mass is 10.0. The van der Waals surface area contributed by atoms with Crippen molar-refractivity contribution in [2.24, 2.45) is 5.92 Å². The van der Waals surface area contributed by atoms with Gasteiger partial charge in [-0.3, -0.25) is 0 Å². The third kappa shape index (κ3) is 3.27. The number of hydrogen-bond acceptors (Lipinski definition) is 3. The zero-order valence-electron chi connectivity index (χ0n) is 14.0. The molecule has 0 amide bonds. The number of rotatable bonds is 6. The summed E-state index contributed by atoms with van der Waals surface area (Å²) in [5.74, 6) is 2.75. The van der Waals surface area contributed by atoms with E-state index in [4.69, 9.17) is 0 Å². The van der Waals surface area contributed by atoms with Gasteiger partial charge >= 0.3 is 0 Å². The maximum absolute atomic E-state index is 4.50. The van der Waals surface area contributed by atoms with E-state index in [-0.39, 0.29) is 0 Å². The van der Waals surface area contributed by atoms with E-state index in [0.29, 0.717) is 5.92 Å². The molecule has 0 aliphatic heterocycles. The molecule has 0 aliphatic carbocycles. The molecular formula is C19H23N3S. The average Bonchev–Trinajstić information content (AvgIpc) is 3.01. The third-order valence-electron chi connectivity index (χ3n) is 4.26. The van der Waals surface area contributed by atoms with Crippen LogP contribution in [0, 0.1) is 5.92 Å². The van der Waals surface area contributed by atoms with Crippen molar-refractivity contribution in [2.45, 2.75) is 38.9 Å². The number of aromatic nitrogens is 3. The molecule has 0 fully saturated rings. The highest BCUT2D eigenvalue weighted by atomic mass is 32.2. The second-order valence-electron chi connectivity index (χ2n) is 5.90. The normalized spacial score (nSPS) is 12.7. The van der Waals surface area contributed by atoms with E-state index in [9.17, 15) is 0 Å². The van der Waals surface area contributed by atoms with E-state index in [1.807, 2.05) is 11.8 Å². The number of fused-ring (bicyclic) bond motifs is 1. The molecule has 3 nitrogen and oxygen atoms in total. The minimum Gasteiger partial charge on any atom is -0.302 e.